The summed E-state index contributed by atoms with van der Waals surface area (Å²) in [6.07, 6.45) is 0.336. The minimum Gasteiger partial charge on any atom is -0.490 e. The van der Waals surface area contributed by atoms with Gasteiger partial charge in [0, 0.05) is 12.8 Å². The summed E-state index contributed by atoms with van der Waals surface area (Å²) < 4.78 is 21.6. The second-order valence-electron chi connectivity index (χ2n) is 9.94. The number of para-hydroxylation sites is 1. The molecule has 1 amide bonds. The van der Waals surface area contributed by atoms with E-state index in [0.29, 0.717) is 12.2 Å². The van der Waals surface area contributed by atoms with Crippen LogP contribution in [0, 0.1) is 10.8 Å². The van der Waals surface area contributed by atoms with Crippen molar-refractivity contribution >= 4 is 41.1 Å². The van der Waals surface area contributed by atoms with Gasteiger partial charge in [-0.3, -0.25) is 19.2 Å². The average molecular weight is 553 g/mol. The molecule has 2 unspecified atom stereocenters. The lowest BCUT2D eigenvalue weighted by Gasteiger charge is -2.33. The smallest absolute Gasteiger partial charge is 0.311 e. The predicted octanol–water partition coefficient (Wildman–Crippen LogP) is 3.45. The minimum atomic E-state index is -0.995. The molecule has 11 heteroatoms. The van der Waals surface area contributed by atoms with Crippen LogP contribution in [-0.4, -0.2) is 54.9 Å². The van der Waals surface area contributed by atoms with Gasteiger partial charge in [0.15, 0.2) is 5.11 Å². The van der Waals surface area contributed by atoms with E-state index in [4.69, 9.17) is 24.7 Å². The highest BCUT2D eigenvalue weighted by molar-refractivity contribution is 7.80. The first-order valence-electron chi connectivity index (χ1n) is 12.6. The number of nitrogens with one attached hydrogen (secondary N) is 1. The zero-order valence-electron chi connectivity index (χ0n) is 22.9. The maximum Gasteiger partial charge on any atom is 0.311 e. The van der Waals surface area contributed by atoms with Crippen molar-refractivity contribution in [1.82, 2.24) is 5.32 Å². The van der Waals surface area contributed by atoms with Gasteiger partial charge < -0.3 is 30.0 Å². The Labute approximate surface area is 229 Å². The number of rotatable bonds is 16. The third kappa shape index (κ3) is 12.4. The molecule has 1 aromatic rings. The number of carbonyl (C=O) groups is 4. The Morgan fingerprint density at radius 2 is 1.66 bits per heavy atom. The van der Waals surface area contributed by atoms with Crippen molar-refractivity contribution < 1.29 is 38.1 Å². The lowest BCUT2D eigenvalue weighted by Crippen LogP contribution is -2.39. The first-order valence-corrected chi connectivity index (χ1v) is 13.0. The lowest BCUT2D eigenvalue weighted by atomic mass is 9.72. The van der Waals surface area contributed by atoms with Gasteiger partial charge in [-0.25, -0.2) is 0 Å². The van der Waals surface area contributed by atoms with Crippen LogP contribution in [0.2, 0.25) is 0 Å². The molecule has 0 fully saturated rings. The Hall–Kier alpha value is -3.21. The largest absolute Gasteiger partial charge is 0.490 e. The van der Waals surface area contributed by atoms with E-state index in [0.717, 1.165) is 0 Å². The maximum absolute atomic E-state index is 12.9. The number of amides is 1. The molecule has 212 valence electrons. The Morgan fingerprint density at radius 3 is 2.26 bits per heavy atom. The van der Waals surface area contributed by atoms with Gasteiger partial charge >= 0.3 is 17.9 Å². The third-order valence-electron chi connectivity index (χ3n) is 5.82. The van der Waals surface area contributed by atoms with E-state index in [1.807, 2.05) is 37.3 Å². The highest BCUT2D eigenvalue weighted by atomic mass is 32.1. The topological polar surface area (TPSA) is 143 Å². The molecule has 0 spiro atoms. The molecule has 0 saturated heterocycles. The third-order valence-corrected chi connectivity index (χ3v) is 5.92. The monoisotopic (exact) mass is 552 g/mol. The fourth-order valence-corrected chi connectivity index (χ4v) is 3.79. The molecule has 0 aromatic heterocycles. The van der Waals surface area contributed by atoms with Crippen molar-refractivity contribution in [3.63, 3.8) is 0 Å². The number of benzene rings is 1. The zero-order chi connectivity index (χ0) is 28.8. The highest BCUT2D eigenvalue weighted by Crippen LogP contribution is 2.38. The fourth-order valence-electron chi connectivity index (χ4n) is 3.67. The standard InChI is InChI=1S/C27H40N2O8S/c1-6-27(5,24(33)35-16-15-34-20-11-8-7-9-12-20)18-26(3,4)23(32)36-17-19(2)37-22(31)14-10-13-21(30)29-25(28)38/h7-9,11-12,19H,6,10,13-18H2,1-5H3,(H3,28,29,30,38). The highest BCUT2D eigenvalue weighted by Gasteiger charge is 2.43. The number of esters is 3. The van der Waals surface area contributed by atoms with Crippen LogP contribution in [-0.2, 0) is 33.4 Å². The lowest BCUT2D eigenvalue weighted by molar-refractivity contribution is -0.168. The Morgan fingerprint density at radius 1 is 1.00 bits per heavy atom. The van der Waals surface area contributed by atoms with Crippen molar-refractivity contribution in [2.45, 2.75) is 72.8 Å². The first-order chi connectivity index (χ1) is 17.8. The van der Waals surface area contributed by atoms with Crippen LogP contribution in [0.5, 0.6) is 5.75 Å². The number of carbonyl (C=O) groups excluding carboxylic acids is 4. The molecule has 0 bridgehead atoms. The molecular formula is C27H40N2O8S. The molecule has 3 N–H and O–H groups in total. The molecule has 0 radical (unpaired) electrons. The summed E-state index contributed by atoms with van der Waals surface area (Å²) in [5.41, 5.74) is 3.31. The van der Waals surface area contributed by atoms with Crippen LogP contribution in [0.3, 0.4) is 0 Å². The molecule has 0 aliphatic carbocycles. The molecule has 0 aliphatic rings. The normalized spacial score (nSPS) is 13.4. The van der Waals surface area contributed by atoms with Gasteiger partial charge in [-0.2, -0.15) is 0 Å². The van der Waals surface area contributed by atoms with Crippen LogP contribution in [0.15, 0.2) is 30.3 Å². The Balaban J connectivity index is 2.46. The molecule has 2 atom stereocenters. The van der Waals surface area contributed by atoms with E-state index >= 15 is 0 Å². The van der Waals surface area contributed by atoms with Crippen molar-refractivity contribution in [2.24, 2.45) is 16.6 Å². The van der Waals surface area contributed by atoms with E-state index in [1.165, 1.54) is 0 Å². The fraction of sp³-hybridized carbons (Fsp3) is 0.593. The van der Waals surface area contributed by atoms with Gasteiger partial charge in [0.25, 0.3) is 0 Å². The number of ether oxygens (including phenoxy) is 4. The van der Waals surface area contributed by atoms with Gasteiger partial charge in [-0.05, 0) is 71.3 Å². The molecule has 0 aliphatic heterocycles. The first kappa shape index (κ1) is 32.8. The quantitative estimate of drug-likeness (QED) is 0.135. The predicted molar refractivity (Wildman–Crippen MR) is 145 cm³/mol. The molecule has 10 nitrogen and oxygen atoms in total. The molecule has 0 heterocycles. The van der Waals surface area contributed by atoms with Crippen LogP contribution in [0.4, 0.5) is 0 Å². The van der Waals surface area contributed by atoms with E-state index in [1.54, 1.807) is 27.7 Å². The van der Waals surface area contributed by atoms with E-state index in [2.05, 4.69) is 17.5 Å². The van der Waals surface area contributed by atoms with Gasteiger partial charge in [0.2, 0.25) is 5.91 Å². The summed E-state index contributed by atoms with van der Waals surface area (Å²) in [6.45, 7) is 8.78. The van der Waals surface area contributed by atoms with Crippen molar-refractivity contribution in [1.29, 1.82) is 0 Å². The van der Waals surface area contributed by atoms with Gasteiger partial charge in [0.05, 0.1) is 10.8 Å². The van der Waals surface area contributed by atoms with Crippen molar-refractivity contribution in [3.8, 4) is 5.75 Å². The number of hydrogen-bond donors (Lipinski definition) is 2. The second-order valence-corrected chi connectivity index (χ2v) is 10.4. The summed E-state index contributed by atoms with van der Waals surface area (Å²) >= 11 is 4.58. The summed E-state index contributed by atoms with van der Waals surface area (Å²) in [4.78, 5) is 49.1. The summed E-state index contributed by atoms with van der Waals surface area (Å²) in [5.74, 6) is -1.14. The number of hydrogen-bond acceptors (Lipinski definition) is 9. The number of nitrogens with two attached hydrogens (primary N) is 1. The van der Waals surface area contributed by atoms with Gasteiger partial charge in [-0.15, -0.1) is 0 Å². The van der Waals surface area contributed by atoms with Crippen molar-refractivity contribution in [2.75, 3.05) is 19.8 Å². The number of thiocarbonyl (C=S) groups is 1. The van der Waals surface area contributed by atoms with Crippen LogP contribution in [0.25, 0.3) is 0 Å². The minimum absolute atomic E-state index is 0.0158. The van der Waals surface area contributed by atoms with Crippen LogP contribution < -0.4 is 15.8 Å². The van der Waals surface area contributed by atoms with Gasteiger partial charge in [-0.1, -0.05) is 25.1 Å². The SMILES string of the molecule is CCC(C)(CC(C)(C)C(=O)OCC(C)OC(=O)CCCC(=O)NC(N)=S)C(=O)OCCOc1ccccc1. The van der Waals surface area contributed by atoms with Crippen molar-refractivity contribution in [3.05, 3.63) is 30.3 Å². The molecular weight excluding hydrogens is 512 g/mol. The van der Waals surface area contributed by atoms with Crippen LogP contribution in [0.1, 0.15) is 66.7 Å². The summed E-state index contributed by atoms with van der Waals surface area (Å²) in [7, 11) is 0. The summed E-state index contributed by atoms with van der Waals surface area (Å²) in [5, 5.41) is 2.15. The van der Waals surface area contributed by atoms with Gasteiger partial charge in [0.1, 0.15) is 31.7 Å². The van der Waals surface area contributed by atoms with Crippen LogP contribution >= 0.6 is 12.2 Å². The van der Waals surface area contributed by atoms with E-state index in [-0.39, 0.29) is 56.5 Å². The maximum atomic E-state index is 12.9. The van der Waals surface area contributed by atoms with E-state index in [9.17, 15) is 19.2 Å². The summed E-state index contributed by atoms with van der Waals surface area (Å²) in [6, 6.07) is 9.22. The molecule has 1 aromatic carbocycles. The molecule has 0 saturated carbocycles. The second kappa shape index (κ2) is 15.9. The van der Waals surface area contributed by atoms with E-state index < -0.39 is 34.8 Å². The Kier molecular flexibility index (Phi) is 13.7. The molecule has 38 heavy (non-hydrogen) atoms. The molecule has 1 rings (SSSR count). The Bertz CT molecular complexity index is 954. The average Bonchev–Trinajstić information content (AvgIpc) is 2.84. The zero-order valence-corrected chi connectivity index (χ0v) is 23.7.